The van der Waals surface area contributed by atoms with Gasteiger partial charge in [-0.25, -0.2) is 0 Å². The van der Waals surface area contributed by atoms with Gasteiger partial charge in [0, 0.05) is 4.83 Å². The molecule has 2 aliphatic carbocycles. The van der Waals surface area contributed by atoms with E-state index in [4.69, 9.17) is 0 Å². The molecule has 2 saturated carbocycles. The highest BCUT2D eigenvalue weighted by Crippen LogP contribution is 2.52. The monoisotopic (exact) mass is 306 g/mol. The second-order valence-electron chi connectivity index (χ2n) is 6.50. The number of benzene rings is 1. The SMILES string of the molecule is Cc1ccc(C)c(C(Br)CC2CC3CCC2C3)c1. The highest BCUT2D eigenvalue weighted by Gasteiger charge is 2.40. The van der Waals surface area contributed by atoms with E-state index in [0.29, 0.717) is 4.83 Å². The van der Waals surface area contributed by atoms with E-state index >= 15 is 0 Å². The van der Waals surface area contributed by atoms with E-state index in [1.165, 1.54) is 48.8 Å². The molecule has 1 heteroatoms. The van der Waals surface area contributed by atoms with Crippen molar-refractivity contribution in [2.24, 2.45) is 17.8 Å². The van der Waals surface area contributed by atoms with Crippen LogP contribution in [0.15, 0.2) is 18.2 Å². The predicted molar refractivity (Wildman–Crippen MR) is 81.1 cm³/mol. The molecule has 2 aliphatic rings. The third kappa shape index (κ3) is 2.39. The summed E-state index contributed by atoms with van der Waals surface area (Å²) in [5, 5.41) is 0. The molecule has 2 bridgehead atoms. The molecule has 0 aromatic heterocycles. The van der Waals surface area contributed by atoms with Crippen molar-refractivity contribution < 1.29 is 0 Å². The van der Waals surface area contributed by atoms with Crippen LogP contribution in [0, 0.1) is 31.6 Å². The summed E-state index contributed by atoms with van der Waals surface area (Å²) in [5.74, 6) is 3.09. The molecular weight excluding hydrogens is 284 g/mol. The molecule has 0 aliphatic heterocycles. The van der Waals surface area contributed by atoms with E-state index in [9.17, 15) is 0 Å². The van der Waals surface area contributed by atoms with E-state index < -0.39 is 0 Å². The van der Waals surface area contributed by atoms with Crippen molar-refractivity contribution in [3.05, 3.63) is 34.9 Å². The van der Waals surface area contributed by atoms with Gasteiger partial charge in [0.15, 0.2) is 0 Å². The van der Waals surface area contributed by atoms with Crippen LogP contribution in [0.3, 0.4) is 0 Å². The van der Waals surface area contributed by atoms with Crippen LogP contribution >= 0.6 is 15.9 Å². The zero-order chi connectivity index (χ0) is 12.7. The molecule has 0 spiro atoms. The van der Waals surface area contributed by atoms with Gasteiger partial charge in [0.1, 0.15) is 0 Å². The zero-order valence-electron chi connectivity index (χ0n) is 11.5. The van der Waals surface area contributed by atoms with E-state index in [1.807, 2.05) is 0 Å². The van der Waals surface area contributed by atoms with Crippen LogP contribution in [0.2, 0.25) is 0 Å². The number of alkyl halides is 1. The lowest BCUT2D eigenvalue weighted by Crippen LogP contribution is -2.12. The summed E-state index contributed by atoms with van der Waals surface area (Å²) in [6.45, 7) is 4.43. The molecule has 0 N–H and O–H groups in total. The lowest BCUT2D eigenvalue weighted by atomic mass is 9.84. The zero-order valence-corrected chi connectivity index (χ0v) is 13.0. The fraction of sp³-hybridized carbons (Fsp3) is 0.647. The Morgan fingerprint density at radius 3 is 2.72 bits per heavy atom. The molecule has 3 rings (SSSR count). The van der Waals surface area contributed by atoms with Gasteiger partial charge in [-0.3, -0.25) is 0 Å². The molecule has 4 atom stereocenters. The van der Waals surface area contributed by atoms with Gasteiger partial charge in [0.05, 0.1) is 0 Å². The number of aryl methyl sites for hydroxylation is 2. The Kier molecular flexibility index (Phi) is 3.53. The summed E-state index contributed by atoms with van der Waals surface area (Å²) in [6, 6.07) is 6.85. The first-order valence-corrected chi connectivity index (χ1v) is 8.26. The Balaban J connectivity index is 1.71. The predicted octanol–water partition coefficient (Wildman–Crippen LogP) is 5.57. The molecule has 0 nitrogen and oxygen atoms in total. The molecule has 4 unspecified atom stereocenters. The van der Waals surface area contributed by atoms with Crippen LogP contribution in [0.25, 0.3) is 0 Å². The van der Waals surface area contributed by atoms with Crippen molar-refractivity contribution in [2.75, 3.05) is 0 Å². The largest absolute Gasteiger partial charge is 0.0839 e. The van der Waals surface area contributed by atoms with E-state index in [2.05, 4.69) is 48.0 Å². The summed E-state index contributed by atoms with van der Waals surface area (Å²) in [6.07, 6.45) is 7.37. The molecule has 0 radical (unpaired) electrons. The van der Waals surface area contributed by atoms with Crippen LogP contribution in [-0.2, 0) is 0 Å². The van der Waals surface area contributed by atoms with Crippen LogP contribution in [0.1, 0.15) is 53.6 Å². The van der Waals surface area contributed by atoms with Gasteiger partial charge >= 0.3 is 0 Å². The number of hydrogen-bond donors (Lipinski definition) is 0. The first kappa shape index (κ1) is 12.7. The maximum Gasteiger partial charge on any atom is 0.0400 e. The summed E-state index contributed by atoms with van der Waals surface area (Å²) < 4.78 is 0. The lowest BCUT2D eigenvalue weighted by molar-refractivity contribution is 0.314. The summed E-state index contributed by atoms with van der Waals surface area (Å²) >= 11 is 3.95. The van der Waals surface area contributed by atoms with Gasteiger partial charge in [0.25, 0.3) is 0 Å². The van der Waals surface area contributed by atoms with Crippen molar-refractivity contribution >= 4 is 15.9 Å². The van der Waals surface area contributed by atoms with E-state index in [1.54, 1.807) is 0 Å². The second kappa shape index (κ2) is 5.00. The molecule has 2 fully saturated rings. The standard InChI is InChI=1S/C17H23Br/c1-11-3-4-12(2)16(7-11)17(18)10-15-9-13-5-6-14(15)8-13/h3-4,7,13-15,17H,5-6,8-10H2,1-2H3. The Morgan fingerprint density at radius 2 is 2.06 bits per heavy atom. The normalized spacial score (nSPS) is 31.8. The Morgan fingerprint density at radius 1 is 1.22 bits per heavy atom. The minimum atomic E-state index is 0.557. The molecule has 98 valence electrons. The van der Waals surface area contributed by atoms with Crippen LogP contribution < -0.4 is 0 Å². The van der Waals surface area contributed by atoms with Gasteiger partial charge < -0.3 is 0 Å². The van der Waals surface area contributed by atoms with Crippen LogP contribution in [0.4, 0.5) is 0 Å². The van der Waals surface area contributed by atoms with Crippen LogP contribution in [-0.4, -0.2) is 0 Å². The maximum absolute atomic E-state index is 3.95. The van der Waals surface area contributed by atoms with E-state index in [-0.39, 0.29) is 0 Å². The Bertz CT molecular complexity index is 437. The minimum Gasteiger partial charge on any atom is -0.0839 e. The maximum atomic E-state index is 3.95. The highest BCUT2D eigenvalue weighted by atomic mass is 79.9. The second-order valence-corrected chi connectivity index (χ2v) is 7.60. The fourth-order valence-corrected chi connectivity index (χ4v) is 5.13. The molecule has 1 aromatic rings. The fourth-order valence-electron chi connectivity index (χ4n) is 4.16. The molecule has 0 saturated heterocycles. The third-order valence-corrected chi connectivity index (χ3v) is 6.03. The smallest absolute Gasteiger partial charge is 0.0400 e. The summed E-state index contributed by atoms with van der Waals surface area (Å²) in [4.78, 5) is 0.557. The molecule has 18 heavy (non-hydrogen) atoms. The Labute approximate surface area is 119 Å². The van der Waals surface area contributed by atoms with Gasteiger partial charge in [-0.05, 0) is 68.4 Å². The quantitative estimate of drug-likeness (QED) is 0.641. The van der Waals surface area contributed by atoms with E-state index in [0.717, 1.165) is 17.8 Å². The highest BCUT2D eigenvalue weighted by molar-refractivity contribution is 9.09. The number of fused-ring (bicyclic) bond motifs is 2. The third-order valence-electron chi connectivity index (χ3n) is 5.17. The molecule has 1 aromatic carbocycles. The van der Waals surface area contributed by atoms with Gasteiger partial charge in [-0.2, -0.15) is 0 Å². The number of halogens is 1. The number of rotatable bonds is 3. The average molecular weight is 307 g/mol. The number of hydrogen-bond acceptors (Lipinski definition) is 0. The van der Waals surface area contributed by atoms with Gasteiger partial charge in [0.2, 0.25) is 0 Å². The summed E-state index contributed by atoms with van der Waals surface area (Å²) in [5.41, 5.74) is 4.33. The van der Waals surface area contributed by atoms with Gasteiger partial charge in [-0.1, -0.05) is 46.1 Å². The van der Waals surface area contributed by atoms with Crippen molar-refractivity contribution in [3.8, 4) is 0 Å². The molecule has 0 amide bonds. The first-order chi connectivity index (χ1) is 8.63. The van der Waals surface area contributed by atoms with Gasteiger partial charge in [-0.15, -0.1) is 0 Å². The molecular formula is C17H23Br. The lowest BCUT2D eigenvalue weighted by Gasteiger charge is -2.25. The first-order valence-electron chi connectivity index (χ1n) is 7.34. The van der Waals surface area contributed by atoms with Crippen molar-refractivity contribution in [1.29, 1.82) is 0 Å². The molecule has 0 heterocycles. The van der Waals surface area contributed by atoms with Crippen molar-refractivity contribution in [1.82, 2.24) is 0 Å². The topological polar surface area (TPSA) is 0 Å². The average Bonchev–Trinajstić information content (AvgIpc) is 2.94. The summed E-state index contributed by atoms with van der Waals surface area (Å²) in [7, 11) is 0. The minimum absolute atomic E-state index is 0.557. The van der Waals surface area contributed by atoms with Crippen molar-refractivity contribution in [2.45, 2.75) is 50.8 Å². The Hall–Kier alpha value is -0.300. The van der Waals surface area contributed by atoms with Crippen LogP contribution in [0.5, 0.6) is 0 Å². The van der Waals surface area contributed by atoms with Crippen molar-refractivity contribution in [3.63, 3.8) is 0 Å².